The van der Waals surface area contributed by atoms with E-state index in [2.05, 4.69) is 13.2 Å². The molecule has 1 amide bonds. The van der Waals surface area contributed by atoms with Crippen LogP contribution in [0.1, 0.15) is 6.92 Å². The number of β-lactam (4-membered cyclic amide) rings is 1. The van der Waals surface area contributed by atoms with Gasteiger partial charge in [-0.15, -0.1) is 0 Å². The lowest BCUT2D eigenvalue weighted by Gasteiger charge is -2.37. The molecule has 3 nitrogen and oxygen atoms in total. The number of hydrogen-bond acceptors (Lipinski definition) is 3. The molecule has 2 N–H and O–H groups in total. The molecule has 0 aliphatic carbocycles. The van der Waals surface area contributed by atoms with E-state index in [1.165, 1.54) is 0 Å². The van der Waals surface area contributed by atoms with Crippen LogP contribution in [0.2, 0.25) is 0 Å². The highest BCUT2D eigenvalue weighted by Gasteiger charge is 2.33. The summed E-state index contributed by atoms with van der Waals surface area (Å²) in [6.45, 7) is 3.69. The van der Waals surface area contributed by atoms with Crippen LogP contribution in [-0.4, -0.2) is 41.4 Å². The number of nitrogens with zero attached hydrogens (tertiary/aromatic N) is 1. The molecule has 0 spiro atoms. The van der Waals surface area contributed by atoms with Crippen molar-refractivity contribution in [2.75, 3.05) is 19.3 Å². The van der Waals surface area contributed by atoms with E-state index in [0.717, 1.165) is 13.1 Å². The Morgan fingerprint density at radius 2 is 2.55 bits per heavy atom. The Balaban J connectivity index is 2.25. The first-order valence-corrected chi connectivity index (χ1v) is 5.01. The predicted octanol–water partition coefficient (Wildman–Crippen LogP) is -0.0926. The number of nitrogens with two attached hydrogens (primary N) is 1. The number of likely N-dealkylation sites (tertiary alicyclic amines) is 1. The summed E-state index contributed by atoms with van der Waals surface area (Å²) in [6.07, 6.45) is 2.05. The summed E-state index contributed by atoms with van der Waals surface area (Å²) in [5, 5.41) is 0.520. The fraction of sp³-hybridized carbons (Fsp3) is 0.857. The van der Waals surface area contributed by atoms with Crippen LogP contribution < -0.4 is 5.73 Å². The molecule has 1 saturated heterocycles. The molecule has 0 aromatic rings. The molecule has 0 saturated carbocycles. The van der Waals surface area contributed by atoms with E-state index in [1.807, 2.05) is 4.90 Å². The number of rotatable bonds is 3. The fourth-order valence-corrected chi connectivity index (χ4v) is 1.41. The van der Waals surface area contributed by atoms with Gasteiger partial charge in [-0.3, -0.25) is 4.79 Å². The van der Waals surface area contributed by atoms with Gasteiger partial charge in [0.25, 0.3) is 0 Å². The molecule has 1 aliphatic rings. The summed E-state index contributed by atoms with van der Waals surface area (Å²) in [7, 11) is 0. The predicted molar refractivity (Wildman–Crippen MR) is 47.5 cm³/mol. The third kappa shape index (κ3) is 1.87. The van der Waals surface area contributed by atoms with Gasteiger partial charge in [0.15, 0.2) is 0 Å². The molecule has 1 aliphatic heterocycles. The second-order valence-electron chi connectivity index (χ2n) is 2.90. The second-order valence-corrected chi connectivity index (χ2v) is 4.17. The summed E-state index contributed by atoms with van der Waals surface area (Å²) >= 11 is 1.77. The maximum absolute atomic E-state index is 11.0. The van der Waals surface area contributed by atoms with Crippen molar-refractivity contribution in [2.45, 2.75) is 18.2 Å². The van der Waals surface area contributed by atoms with Crippen LogP contribution in [0.3, 0.4) is 0 Å². The van der Waals surface area contributed by atoms with E-state index < -0.39 is 0 Å². The molecular formula is C7H14N2OS. The molecule has 1 heterocycles. The zero-order chi connectivity index (χ0) is 8.43. The molecule has 0 aromatic carbocycles. The minimum absolute atomic E-state index is 0.103. The first kappa shape index (κ1) is 8.87. The molecule has 64 valence electrons. The van der Waals surface area contributed by atoms with Crippen LogP contribution in [0.25, 0.3) is 0 Å². The lowest BCUT2D eigenvalue weighted by atomic mass is 10.1. The quantitative estimate of drug-likeness (QED) is 0.608. The molecular weight excluding hydrogens is 160 g/mol. The summed E-state index contributed by atoms with van der Waals surface area (Å²) < 4.78 is 0. The Morgan fingerprint density at radius 1 is 1.91 bits per heavy atom. The summed E-state index contributed by atoms with van der Waals surface area (Å²) in [5.74, 6) is 0.103. The molecule has 0 aromatic heterocycles. The molecule has 1 rings (SSSR count). The summed E-state index contributed by atoms with van der Waals surface area (Å²) in [4.78, 5) is 12.8. The lowest BCUT2D eigenvalue weighted by Crippen LogP contribution is -2.61. The van der Waals surface area contributed by atoms with Gasteiger partial charge in [-0.2, -0.15) is 11.8 Å². The van der Waals surface area contributed by atoms with E-state index >= 15 is 0 Å². The molecule has 11 heavy (non-hydrogen) atoms. The SMILES string of the molecule is CSC(C)CN1CC(N)C1=O. The maximum atomic E-state index is 11.0. The topological polar surface area (TPSA) is 46.3 Å². The van der Waals surface area contributed by atoms with Crippen LogP contribution in [0.4, 0.5) is 0 Å². The van der Waals surface area contributed by atoms with Gasteiger partial charge in [-0.25, -0.2) is 0 Å². The van der Waals surface area contributed by atoms with Crippen molar-refractivity contribution >= 4 is 17.7 Å². The van der Waals surface area contributed by atoms with Crippen molar-refractivity contribution in [2.24, 2.45) is 5.73 Å². The highest BCUT2D eigenvalue weighted by atomic mass is 32.2. The van der Waals surface area contributed by atoms with Crippen LogP contribution in [0.15, 0.2) is 0 Å². The van der Waals surface area contributed by atoms with Crippen molar-refractivity contribution in [1.82, 2.24) is 4.90 Å². The smallest absolute Gasteiger partial charge is 0.241 e. The Labute approximate surface area is 71.3 Å². The van der Waals surface area contributed by atoms with Gasteiger partial charge < -0.3 is 10.6 Å². The zero-order valence-electron chi connectivity index (χ0n) is 6.91. The Morgan fingerprint density at radius 3 is 2.91 bits per heavy atom. The second kappa shape index (κ2) is 3.45. The number of thioether (sulfide) groups is 1. The monoisotopic (exact) mass is 174 g/mol. The molecule has 2 atom stereocenters. The van der Waals surface area contributed by atoms with Gasteiger partial charge in [0.05, 0.1) is 0 Å². The highest BCUT2D eigenvalue weighted by molar-refractivity contribution is 7.99. The standard InChI is InChI=1S/C7H14N2OS/c1-5(11-2)3-9-4-6(8)7(9)10/h5-6H,3-4,8H2,1-2H3. The lowest BCUT2D eigenvalue weighted by molar-refractivity contribution is -0.142. The van der Waals surface area contributed by atoms with Crippen molar-refractivity contribution < 1.29 is 4.79 Å². The zero-order valence-corrected chi connectivity index (χ0v) is 7.73. The van der Waals surface area contributed by atoms with Gasteiger partial charge in [-0.1, -0.05) is 6.92 Å². The van der Waals surface area contributed by atoms with E-state index in [4.69, 9.17) is 5.73 Å². The number of carbonyl (C=O) groups excluding carboxylic acids is 1. The van der Waals surface area contributed by atoms with E-state index in [-0.39, 0.29) is 11.9 Å². The molecule has 0 bridgehead atoms. The van der Waals surface area contributed by atoms with Gasteiger partial charge in [0.2, 0.25) is 5.91 Å². The van der Waals surface area contributed by atoms with E-state index in [1.54, 1.807) is 11.8 Å². The largest absolute Gasteiger partial charge is 0.338 e. The molecule has 4 heteroatoms. The minimum Gasteiger partial charge on any atom is -0.338 e. The Bertz CT molecular complexity index is 163. The summed E-state index contributed by atoms with van der Waals surface area (Å²) in [5.41, 5.74) is 5.43. The highest BCUT2D eigenvalue weighted by Crippen LogP contribution is 2.13. The molecule has 1 fully saturated rings. The molecule has 2 unspecified atom stereocenters. The number of amides is 1. The average Bonchev–Trinajstić information content (AvgIpc) is 2.03. The fourth-order valence-electron chi connectivity index (χ4n) is 1.08. The summed E-state index contributed by atoms with van der Waals surface area (Å²) in [6, 6.07) is -0.218. The van der Waals surface area contributed by atoms with Gasteiger partial charge >= 0.3 is 0 Å². The Kier molecular flexibility index (Phi) is 2.78. The van der Waals surface area contributed by atoms with Crippen molar-refractivity contribution in [3.63, 3.8) is 0 Å². The van der Waals surface area contributed by atoms with Crippen LogP contribution in [-0.2, 0) is 4.79 Å². The third-order valence-corrected chi connectivity index (χ3v) is 2.88. The Hall–Kier alpha value is -0.220. The third-order valence-electron chi connectivity index (χ3n) is 1.93. The first-order chi connectivity index (χ1) is 5.15. The van der Waals surface area contributed by atoms with Crippen LogP contribution in [0, 0.1) is 0 Å². The normalized spacial score (nSPS) is 26.6. The van der Waals surface area contributed by atoms with Gasteiger partial charge in [0, 0.05) is 18.3 Å². The molecule has 0 radical (unpaired) electrons. The average molecular weight is 174 g/mol. The first-order valence-electron chi connectivity index (χ1n) is 3.72. The number of hydrogen-bond donors (Lipinski definition) is 1. The van der Waals surface area contributed by atoms with Crippen molar-refractivity contribution in [3.05, 3.63) is 0 Å². The number of carbonyl (C=O) groups is 1. The van der Waals surface area contributed by atoms with Gasteiger partial charge in [-0.05, 0) is 6.26 Å². The minimum atomic E-state index is -0.218. The van der Waals surface area contributed by atoms with Crippen molar-refractivity contribution in [3.8, 4) is 0 Å². The van der Waals surface area contributed by atoms with E-state index in [0.29, 0.717) is 5.25 Å². The van der Waals surface area contributed by atoms with Crippen LogP contribution in [0.5, 0.6) is 0 Å². The van der Waals surface area contributed by atoms with Crippen LogP contribution >= 0.6 is 11.8 Å². The van der Waals surface area contributed by atoms with E-state index in [9.17, 15) is 4.79 Å². The van der Waals surface area contributed by atoms with Crippen molar-refractivity contribution in [1.29, 1.82) is 0 Å². The van der Waals surface area contributed by atoms with Gasteiger partial charge in [0.1, 0.15) is 6.04 Å². The maximum Gasteiger partial charge on any atom is 0.241 e.